The molecule has 0 N–H and O–H groups in total. The molecule has 1 heterocycles. The van der Waals surface area contributed by atoms with Crippen molar-refractivity contribution >= 4 is 27.8 Å². The Bertz CT molecular complexity index is 2770. The van der Waals surface area contributed by atoms with Gasteiger partial charge in [0.1, 0.15) is 11.5 Å². The van der Waals surface area contributed by atoms with E-state index >= 15 is 0 Å². The highest BCUT2D eigenvalue weighted by Crippen LogP contribution is 2.51. The lowest BCUT2D eigenvalue weighted by atomic mass is 9.90. The third-order valence-electron chi connectivity index (χ3n) is 10.5. The van der Waals surface area contributed by atoms with Crippen molar-refractivity contribution < 1.29 is 4.74 Å². The molecule has 0 saturated carbocycles. The molecular weight excluding hydrogens is 655 g/mol. The molecule has 0 aromatic heterocycles. The number of rotatable bonds is 6. The number of hydrogen-bond acceptors (Lipinski definition) is 2. The van der Waals surface area contributed by atoms with Crippen molar-refractivity contribution in [1.82, 2.24) is 0 Å². The normalized spacial score (nSPS) is 11.5. The minimum atomic E-state index is 0.831. The van der Waals surface area contributed by atoms with E-state index in [-0.39, 0.29) is 0 Å². The van der Waals surface area contributed by atoms with E-state index in [0.29, 0.717) is 0 Å². The van der Waals surface area contributed by atoms with Gasteiger partial charge in [-0.05, 0) is 104 Å². The molecule has 1 aliphatic rings. The first-order chi connectivity index (χ1) is 26.8. The number of anilines is 3. The monoisotopic (exact) mass is 689 g/mol. The van der Waals surface area contributed by atoms with Gasteiger partial charge in [-0.15, -0.1) is 0 Å². The van der Waals surface area contributed by atoms with Crippen LogP contribution in [0.15, 0.2) is 212 Å². The molecule has 0 bridgehead atoms. The Labute approximate surface area is 315 Å². The smallest absolute Gasteiger partial charge is 0.135 e. The number of ether oxygens (including phenoxy) is 1. The summed E-state index contributed by atoms with van der Waals surface area (Å²) < 4.78 is 6.92. The Hall–Kier alpha value is -7.16. The van der Waals surface area contributed by atoms with Crippen LogP contribution in [0, 0.1) is 0 Å². The lowest BCUT2D eigenvalue weighted by Crippen LogP contribution is -2.11. The first-order valence-electron chi connectivity index (χ1n) is 18.4. The number of nitrogens with zero attached hydrogens (tertiary/aromatic N) is 1. The van der Waals surface area contributed by atoms with Crippen LogP contribution in [0.5, 0.6) is 11.5 Å². The number of para-hydroxylation sites is 1. The van der Waals surface area contributed by atoms with Crippen LogP contribution in [0.2, 0.25) is 0 Å². The Morgan fingerprint density at radius 3 is 1.54 bits per heavy atom. The molecule has 0 spiro atoms. The predicted molar refractivity (Wildman–Crippen MR) is 226 cm³/mol. The highest BCUT2D eigenvalue weighted by Gasteiger charge is 2.25. The fourth-order valence-electron chi connectivity index (χ4n) is 7.79. The van der Waals surface area contributed by atoms with Crippen LogP contribution < -0.4 is 9.64 Å². The van der Waals surface area contributed by atoms with Crippen LogP contribution in [0.3, 0.4) is 0 Å². The van der Waals surface area contributed by atoms with Gasteiger partial charge in [0.05, 0.1) is 5.69 Å². The predicted octanol–water partition coefficient (Wildman–Crippen LogP) is 14.8. The van der Waals surface area contributed by atoms with Crippen LogP contribution in [0.1, 0.15) is 0 Å². The van der Waals surface area contributed by atoms with E-state index in [4.69, 9.17) is 4.74 Å². The van der Waals surface area contributed by atoms with Crippen LogP contribution >= 0.6 is 0 Å². The van der Waals surface area contributed by atoms with Gasteiger partial charge < -0.3 is 9.64 Å². The van der Waals surface area contributed by atoms with E-state index in [9.17, 15) is 0 Å². The molecule has 10 rings (SSSR count). The van der Waals surface area contributed by atoms with E-state index < -0.39 is 0 Å². The highest BCUT2D eigenvalue weighted by atomic mass is 16.5. The van der Waals surface area contributed by atoms with Gasteiger partial charge in [0, 0.05) is 28.1 Å². The SMILES string of the molecule is c1ccc(-c2ccc(N(c3ccc4c(c3)-c3ccc(-c5ccccc5)cc3-c3cc5ccccc5cc3O4)c3ccccc3-c3ccccc3)cc2)cc1. The fourth-order valence-corrected chi connectivity index (χ4v) is 7.79. The standard InChI is InChI=1S/C52H35NO/c1-4-14-36(15-5-1)38-24-27-43(28-25-38)53(50-23-13-12-22-45(50)39-18-8-3-9-19-39)44-29-31-51-49(35-44)46-30-26-42(37-16-6-2-7-17-37)32-47(46)48-33-40-20-10-11-21-41(40)34-52(48)54-51/h1-35H. The molecule has 0 saturated heterocycles. The van der Waals surface area contributed by atoms with Gasteiger partial charge in [-0.25, -0.2) is 0 Å². The second-order valence-electron chi connectivity index (χ2n) is 13.7. The first kappa shape index (κ1) is 31.6. The van der Waals surface area contributed by atoms with Crippen molar-refractivity contribution in [2.45, 2.75) is 0 Å². The maximum absolute atomic E-state index is 6.92. The maximum Gasteiger partial charge on any atom is 0.135 e. The quantitative estimate of drug-likeness (QED) is 0.172. The van der Waals surface area contributed by atoms with Crippen LogP contribution in [-0.2, 0) is 0 Å². The summed E-state index contributed by atoms with van der Waals surface area (Å²) >= 11 is 0. The van der Waals surface area contributed by atoms with E-state index in [1.165, 1.54) is 33.2 Å². The summed E-state index contributed by atoms with van der Waals surface area (Å²) in [4.78, 5) is 2.38. The third kappa shape index (κ3) is 5.71. The molecule has 0 fully saturated rings. The van der Waals surface area contributed by atoms with E-state index in [1.807, 2.05) is 0 Å². The molecule has 0 atom stereocenters. The molecule has 1 aliphatic heterocycles. The molecule has 0 aliphatic carbocycles. The molecule has 254 valence electrons. The molecule has 9 aromatic carbocycles. The first-order valence-corrected chi connectivity index (χ1v) is 18.4. The van der Waals surface area contributed by atoms with Crippen molar-refractivity contribution in [2.24, 2.45) is 0 Å². The molecule has 9 aromatic rings. The molecule has 2 heteroatoms. The maximum atomic E-state index is 6.92. The minimum absolute atomic E-state index is 0.831. The molecule has 54 heavy (non-hydrogen) atoms. The van der Waals surface area contributed by atoms with Gasteiger partial charge in [0.25, 0.3) is 0 Å². The summed E-state index contributed by atoms with van der Waals surface area (Å²) in [5.41, 5.74) is 14.7. The van der Waals surface area contributed by atoms with Crippen molar-refractivity contribution in [3.05, 3.63) is 212 Å². The zero-order chi connectivity index (χ0) is 35.8. The second kappa shape index (κ2) is 13.4. The summed E-state index contributed by atoms with van der Waals surface area (Å²) in [7, 11) is 0. The fraction of sp³-hybridized carbons (Fsp3) is 0. The third-order valence-corrected chi connectivity index (χ3v) is 10.5. The molecule has 0 radical (unpaired) electrons. The van der Waals surface area contributed by atoms with Crippen molar-refractivity contribution in [2.75, 3.05) is 4.90 Å². The van der Waals surface area contributed by atoms with Gasteiger partial charge in [0.15, 0.2) is 0 Å². The highest BCUT2D eigenvalue weighted by molar-refractivity contribution is 5.99. The summed E-state index contributed by atoms with van der Waals surface area (Å²) in [5.74, 6) is 1.69. The van der Waals surface area contributed by atoms with Gasteiger partial charge in [0.2, 0.25) is 0 Å². The number of fused-ring (bicyclic) bond motifs is 6. The minimum Gasteiger partial charge on any atom is -0.456 e. The Balaban J connectivity index is 1.18. The van der Waals surface area contributed by atoms with E-state index in [1.54, 1.807) is 0 Å². The molecule has 2 nitrogen and oxygen atoms in total. The molecule has 0 amide bonds. The van der Waals surface area contributed by atoms with Crippen LogP contribution in [0.4, 0.5) is 17.1 Å². The Kier molecular flexibility index (Phi) is 7.85. The van der Waals surface area contributed by atoms with Crippen LogP contribution in [-0.4, -0.2) is 0 Å². The summed E-state index contributed by atoms with van der Waals surface area (Å²) in [6.07, 6.45) is 0. The van der Waals surface area contributed by atoms with Crippen LogP contribution in [0.25, 0.3) is 66.4 Å². The lowest BCUT2D eigenvalue weighted by molar-refractivity contribution is 0.488. The zero-order valence-electron chi connectivity index (χ0n) is 29.6. The Morgan fingerprint density at radius 2 is 0.815 bits per heavy atom. The largest absolute Gasteiger partial charge is 0.456 e. The van der Waals surface area contributed by atoms with Gasteiger partial charge in [-0.3, -0.25) is 0 Å². The van der Waals surface area contributed by atoms with E-state index in [0.717, 1.165) is 61.8 Å². The molecular formula is C52H35NO. The summed E-state index contributed by atoms with van der Waals surface area (Å²) in [6, 6.07) is 75.8. The zero-order valence-corrected chi connectivity index (χ0v) is 29.6. The average Bonchev–Trinajstić information content (AvgIpc) is 3.38. The summed E-state index contributed by atoms with van der Waals surface area (Å²) in [6.45, 7) is 0. The lowest BCUT2D eigenvalue weighted by Gasteiger charge is -2.29. The number of hydrogen-bond donors (Lipinski definition) is 0. The Morgan fingerprint density at radius 1 is 0.278 bits per heavy atom. The van der Waals surface area contributed by atoms with Crippen molar-refractivity contribution in [1.29, 1.82) is 0 Å². The topological polar surface area (TPSA) is 12.5 Å². The molecule has 0 unspecified atom stereocenters. The summed E-state index contributed by atoms with van der Waals surface area (Å²) in [5, 5.41) is 2.34. The van der Waals surface area contributed by atoms with Crippen molar-refractivity contribution in [3.63, 3.8) is 0 Å². The van der Waals surface area contributed by atoms with Gasteiger partial charge >= 0.3 is 0 Å². The average molecular weight is 690 g/mol. The van der Waals surface area contributed by atoms with Gasteiger partial charge in [-0.2, -0.15) is 0 Å². The second-order valence-corrected chi connectivity index (χ2v) is 13.7. The van der Waals surface area contributed by atoms with Crippen molar-refractivity contribution in [3.8, 4) is 67.1 Å². The number of benzene rings is 9. The van der Waals surface area contributed by atoms with Gasteiger partial charge in [-0.1, -0.05) is 158 Å². The van der Waals surface area contributed by atoms with E-state index in [2.05, 4.69) is 217 Å².